The number of anilines is 1. The van der Waals surface area contributed by atoms with E-state index >= 15 is 4.39 Å². The molecule has 5 rings (SSSR count). The van der Waals surface area contributed by atoms with E-state index in [1.165, 1.54) is 11.3 Å². The summed E-state index contributed by atoms with van der Waals surface area (Å²) in [5.41, 5.74) is 0.405. The van der Waals surface area contributed by atoms with Gasteiger partial charge in [-0.3, -0.25) is 9.48 Å². The van der Waals surface area contributed by atoms with Gasteiger partial charge in [-0.1, -0.05) is 0 Å². The second-order valence-electron chi connectivity index (χ2n) is 12.7. The summed E-state index contributed by atoms with van der Waals surface area (Å²) in [4.78, 5) is 45.3. The molecule has 12 nitrogen and oxygen atoms in total. The first-order chi connectivity index (χ1) is 20.0. The number of hydrogen-bond acceptors (Lipinski definition) is 10. The first-order valence-electron chi connectivity index (χ1n) is 14.1. The molecule has 0 spiro atoms. The molecule has 0 aromatic carbocycles. The fourth-order valence-electron chi connectivity index (χ4n) is 5.10. The number of aryl methyl sites for hydroxylation is 2. The molecule has 0 saturated carbocycles. The highest BCUT2D eigenvalue weighted by molar-refractivity contribution is 7.22. The highest BCUT2D eigenvalue weighted by Crippen LogP contribution is 2.41. The normalized spacial score (nSPS) is 19.0. The second kappa shape index (κ2) is 11.1. The molecule has 14 heteroatoms. The predicted molar refractivity (Wildman–Crippen MR) is 159 cm³/mol. The van der Waals surface area contributed by atoms with E-state index in [0.717, 1.165) is 20.8 Å². The summed E-state index contributed by atoms with van der Waals surface area (Å²) < 4.78 is 35.3. The smallest absolute Gasteiger partial charge is 0.417 e. The number of hydrogen-bond donors (Lipinski definition) is 2. The molecule has 1 saturated heterocycles. The van der Waals surface area contributed by atoms with Crippen LogP contribution in [0, 0.1) is 12.7 Å². The van der Waals surface area contributed by atoms with E-state index in [0.29, 0.717) is 17.9 Å². The van der Waals surface area contributed by atoms with Gasteiger partial charge < -0.3 is 24.8 Å². The Morgan fingerprint density at radius 1 is 1.14 bits per heavy atom. The molecular formula is C29H37FN6O6S. The lowest BCUT2D eigenvalue weighted by Gasteiger charge is -2.33. The van der Waals surface area contributed by atoms with E-state index in [4.69, 9.17) is 14.2 Å². The van der Waals surface area contributed by atoms with Crippen LogP contribution < -0.4 is 10.6 Å². The number of nitrogens with one attached hydrogen (secondary N) is 2. The maximum Gasteiger partial charge on any atom is 0.417 e. The molecular weight excluding hydrogens is 579 g/mol. The lowest BCUT2D eigenvalue weighted by Crippen LogP contribution is -2.53. The third kappa shape index (κ3) is 6.30. The SMILES string of the molecule is Cc1nn(C)c2cc(-c3nc(N[C@@H]4CCOC[C@@H]4NC(=O)OC(C)(C)C)c(F)c4c3C(=O)N(C(=O)OC(C)(C)C)C4)sc12. The predicted octanol–water partition coefficient (Wildman–Crippen LogP) is 5.13. The number of aromatic nitrogens is 3. The van der Waals surface area contributed by atoms with Gasteiger partial charge >= 0.3 is 12.2 Å². The molecule has 2 aliphatic heterocycles. The minimum Gasteiger partial charge on any atom is -0.444 e. The largest absolute Gasteiger partial charge is 0.444 e. The van der Waals surface area contributed by atoms with E-state index < -0.39 is 47.2 Å². The fraction of sp³-hybridized carbons (Fsp3) is 0.552. The van der Waals surface area contributed by atoms with Crippen LogP contribution in [0.5, 0.6) is 0 Å². The van der Waals surface area contributed by atoms with Gasteiger partial charge in [0.1, 0.15) is 11.2 Å². The number of carbonyl (C=O) groups excluding carboxylic acids is 3. The van der Waals surface area contributed by atoms with E-state index in [1.54, 1.807) is 46.2 Å². The lowest BCUT2D eigenvalue weighted by molar-refractivity contribution is 0.0246. The molecule has 1 fully saturated rings. The number of nitrogens with zero attached hydrogens (tertiary/aromatic N) is 4. The zero-order valence-electron chi connectivity index (χ0n) is 25.6. The van der Waals surface area contributed by atoms with Crippen LogP contribution in [0.15, 0.2) is 6.07 Å². The van der Waals surface area contributed by atoms with Gasteiger partial charge in [-0.2, -0.15) is 5.10 Å². The maximum atomic E-state index is 16.2. The number of halogens is 1. The van der Waals surface area contributed by atoms with Crippen LogP contribution in [0.25, 0.3) is 20.8 Å². The minimum absolute atomic E-state index is 0.0153. The second-order valence-corrected chi connectivity index (χ2v) is 13.8. The van der Waals surface area contributed by atoms with Crippen molar-refractivity contribution in [3.05, 3.63) is 28.7 Å². The Labute approximate surface area is 252 Å². The standard InChI is InChI=1S/C29H37FN6O6S/c1-14-23-18(35(8)34-14)11-19(43-23)22-20-15(12-36(25(20)37)27(39)42-29(5,6)7)21(30)24(33-22)31-16-9-10-40-13-17(16)32-26(38)41-28(2,3)4/h11,16-17H,9-10,12-13H2,1-8H3,(H,31,33)(H,32,38)/t16-,17+/m1/s1. The van der Waals surface area contributed by atoms with Gasteiger partial charge in [-0.15, -0.1) is 11.3 Å². The number of pyridine rings is 1. The highest BCUT2D eigenvalue weighted by atomic mass is 32.1. The Balaban J connectivity index is 1.55. The van der Waals surface area contributed by atoms with Gasteiger partial charge in [0.25, 0.3) is 5.91 Å². The van der Waals surface area contributed by atoms with Gasteiger partial charge in [0.05, 0.1) is 57.3 Å². The van der Waals surface area contributed by atoms with Crippen LogP contribution in [0.1, 0.15) is 69.6 Å². The van der Waals surface area contributed by atoms with Crippen LogP contribution >= 0.6 is 11.3 Å². The molecule has 3 aromatic heterocycles. The molecule has 0 unspecified atom stereocenters. The molecule has 3 aromatic rings. The van der Waals surface area contributed by atoms with E-state index in [-0.39, 0.29) is 35.8 Å². The highest BCUT2D eigenvalue weighted by Gasteiger charge is 2.41. The Morgan fingerprint density at radius 3 is 2.49 bits per heavy atom. The van der Waals surface area contributed by atoms with Crippen molar-refractivity contribution >= 4 is 45.5 Å². The van der Waals surface area contributed by atoms with Crippen LogP contribution in [0.2, 0.25) is 0 Å². The van der Waals surface area contributed by atoms with Crippen molar-refractivity contribution in [1.29, 1.82) is 0 Å². The van der Waals surface area contributed by atoms with E-state index in [2.05, 4.69) is 20.7 Å². The Hall–Kier alpha value is -3.78. The number of amides is 3. The van der Waals surface area contributed by atoms with Crippen LogP contribution in [0.3, 0.4) is 0 Å². The van der Waals surface area contributed by atoms with E-state index in [1.807, 2.05) is 20.0 Å². The topological polar surface area (TPSA) is 137 Å². The Bertz CT molecular complexity index is 1570. The monoisotopic (exact) mass is 616 g/mol. The molecule has 0 radical (unpaired) electrons. The average molecular weight is 617 g/mol. The number of carbonyl (C=O) groups is 3. The third-order valence-corrected chi connectivity index (χ3v) is 8.17. The van der Waals surface area contributed by atoms with Gasteiger partial charge in [0.2, 0.25) is 0 Å². The third-order valence-electron chi connectivity index (χ3n) is 6.93. The molecule has 0 bridgehead atoms. The molecule has 43 heavy (non-hydrogen) atoms. The fourth-order valence-corrected chi connectivity index (χ4v) is 6.22. The quantitative estimate of drug-likeness (QED) is 0.409. The lowest BCUT2D eigenvalue weighted by atomic mass is 10.0. The summed E-state index contributed by atoms with van der Waals surface area (Å²) in [5, 5.41) is 10.4. The average Bonchev–Trinajstić information content (AvgIpc) is 3.54. The van der Waals surface area contributed by atoms with Crippen molar-refractivity contribution in [3.63, 3.8) is 0 Å². The number of imide groups is 1. The van der Waals surface area contributed by atoms with Gasteiger partial charge in [0.15, 0.2) is 11.6 Å². The minimum atomic E-state index is -0.865. The van der Waals surface area contributed by atoms with Crippen molar-refractivity contribution in [2.24, 2.45) is 7.05 Å². The summed E-state index contributed by atoms with van der Waals surface area (Å²) in [6.07, 6.45) is -1.04. The summed E-state index contributed by atoms with van der Waals surface area (Å²) in [6.45, 7) is 12.5. The van der Waals surface area contributed by atoms with Crippen molar-refractivity contribution < 1.29 is 33.0 Å². The molecule has 5 heterocycles. The van der Waals surface area contributed by atoms with Crippen LogP contribution in [0.4, 0.5) is 19.8 Å². The number of fused-ring (bicyclic) bond motifs is 2. The molecule has 2 N–H and O–H groups in total. The molecule has 0 aliphatic carbocycles. The summed E-state index contributed by atoms with van der Waals surface area (Å²) in [6, 6.07) is 0.858. The molecule has 3 amide bonds. The van der Waals surface area contributed by atoms with Gasteiger partial charge in [-0.05, 0) is 61.0 Å². The summed E-state index contributed by atoms with van der Waals surface area (Å²) in [7, 11) is 1.82. The van der Waals surface area contributed by atoms with Crippen molar-refractivity contribution in [1.82, 2.24) is 25.0 Å². The summed E-state index contributed by atoms with van der Waals surface area (Å²) >= 11 is 1.38. The van der Waals surface area contributed by atoms with Crippen molar-refractivity contribution in [2.75, 3.05) is 18.5 Å². The van der Waals surface area contributed by atoms with E-state index in [9.17, 15) is 14.4 Å². The summed E-state index contributed by atoms with van der Waals surface area (Å²) in [5.74, 6) is -1.53. The zero-order valence-corrected chi connectivity index (χ0v) is 26.4. The van der Waals surface area contributed by atoms with Crippen LogP contribution in [-0.4, -0.2) is 74.3 Å². The van der Waals surface area contributed by atoms with Gasteiger partial charge in [-0.25, -0.2) is 23.9 Å². The van der Waals surface area contributed by atoms with Crippen molar-refractivity contribution in [2.45, 2.75) is 84.7 Å². The maximum absolute atomic E-state index is 16.2. The molecule has 2 aliphatic rings. The van der Waals surface area contributed by atoms with Gasteiger partial charge in [0, 0.05) is 19.2 Å². The molecule has 2 atom stereocenters. The number of rotatable bonds is 4. The van der Waals surface area contributed by atoms with Crippen molar-refractivity contribution in [3.8, 4) is 10.6 Å². The number of thiophene rings is 1. The first kappa shape index (κ1) is 30.7. The van der Waals surface area contributed by atoms with Crippen LogP contribution in [-0.2, 0) is 27.8 Å². The number of alkyl carbamates (subject to hydrolysis) is 1. The first-order valence-corrected chi connectivity index (χ1v) is 14.9. The Morgan fingerprint density at radius 2 is 1.84 bits per heavy atom. The molecule has 232 valence electrons. The zero-order chi connectivity index (χ0) is 31.4. The Kier molecular flexibility index (Phi) is 7.88. The number of ether oxygens (including phenoxy) is 3.